The van der Waals surface area contributed by atoms with Crippen molar-refractivity contribution in [2.45, 2.75) is 26.3 Å². The molecule has 4 N–H and O–H groups in total. The van der Waals surface area contributed by atoms with Crippen LogP contribution in [0.5, 0.6) is 5.75 Å². The maximum atomic E-state index is 11.8. The molecule has 7 heteroatoms. The lowest BCUT2D eigenvalue weighted by Gasteiger charge is -2.14. The number of benzene rings is 1. The minimum atomic E-state index is -0.658. The van der Waals surface area contributed by atoms with Crippen molar-refractivity contribution >= 4 is 17.7 Å². The van der Waals surface area contributed by atoms with E-state index < -0.39 is 17.9 Å². The molecule has 1 rings (SSSR count). The minimum absolute atomic E-state index is 0.198. The van der Waals surface area contributed by atoms with Gasteiger partial charge in [0.2, 0.25) is 5.91 Å². The SMILES string of the molecule is CCCNC(=O)[C@@H](C)NC(=O)COc1ccccc1C(N)=O. The molecule has 0 heterocycles. The Morgan fingerprint density at radius 2 is 1.95 bits per heavy atom. The van der Waals surface area contributed by atoms with Crippen molar-refractivity contribution in [3.05, 3.63) is 29.8 Å². The van der Waals surface area contributed by atoms with E-state index in [-0.39, 0.29) is 23.8 Å². The summed E-state index contributed by atoms with van der Waals surface area (Å²) in [4.78, 5) is 34.6. The average Bonchev–Trinajstić information content (AvgIpc) is 2.50. The van der Waals surface area contributed by atoms with Gasteiger partial charge in [-0.25, -0.2) is 0 Å². The van der Waals surface area contributed by atoms with Crippen molar-refractivity contribution in [1.82, 2.24) is 10.6 Å². The number of rotatable bonds is 8. The Balaban J connectivity index is 2.50. The maximum Gasteiger partial charge on any atom is 0.258 e. The van der Waals surface area contributed by atoms with Crippen LogP contribution in [0.1, 0.15) is 30.6 Å². The van der Waals surface area contributed by atoms with Crippen molar-refractivity contribution in [2.75, 3.05) is 13.2 Å². The zero-order valence-corrected chi connectivity index (χ0v) is 12.7. The van der Waals surface area contributed by atoms with E-state index in [4.69, 9.17) is 10.5 Å². The molecule has 3 amide bonds. The predicted octanol–water partition coefficient (Wildman–Crippen LogP) is 0.195. The fourth-order valence-electron chi connectivity index (χ4n) is 1.69. The molecule has 0 aliphatic carbocycles. The average molecular weight is 307 g/mol. The number of carbonyl (C=O) groups is 3. The van der Waals surface area contributed by atoms with Crippen molar-refractivity contribution in [2.24, 2.45) is 5.73 Å². The van der Waals surface area contributed by atoms with Gasteiger partial charge in [-0.05, 0) is 25.5 Å². The highest BCUT2D eigenvalue weighted by Gasteiger charge is 2.16. The number of carbonyl (C=O) groups excluding carboxylic acids is 3. The van der Waals surface area contributed by atoms with Gasteiger partial charge in [0.15, 0.2) is 6.61 Å². The maximum absolute atomic E-state index is 11.8. The summed E-state index contributed by atoms with van der Waals surface area (Å²) in [6.07, 6.45) is 0.819. The number of nitrogens with two attached hydrogens (primary N) is 1. The second-order valence-corrected chi connectivity index (χ2v) is 4.73. The molecule has 0 unspecified atom stereocenters. The summed E-state index contributed by atoms with van der Waals surface area (Å²) in [7, 11) is 0. The van der Waals surface area contributed by atoms with Crippen LogP contribution in [0.15, 0.2) is 24.3 Å². The first-order chi connectivity index (χ1) is 10.5. The number of hydrogen-bond donors (Lipinski definition) is 3. The number of amides is 3. The van der Waals surface area contributed by atoms with Gasteiger partial charge in [0.1, 0.15) is 11.8 Å². The van der Waals surface area contributed by atoms with Crippen LogP contribution in [-0.2, 0) is 9.59 Å². The Bertz CT molecular complexity index is 545. The molecule has 0 aromatic heterocycles. The van der Waals surface area contributed by atoms with Crippen LogP contribution in [0.4, 0.5) is 0 Å². The summed E-state index contributed by atoms with van der Waals surface area (Å²) in [5.74, 6) is -1.12. The second-order valence-electron chi connectivity index (χ2n) is 4.73. The standard InChI is InChI=1S/C15H21N3O4/c1-3-8-17-15(21)10(2)18-13(19)9-22-12-7-5-4-6-11(12)14(16)20/h4-7,10H,3,8-9H2,1-2H3,(H2,16,20)(H,17,21)(H,18,19)/t10-/m1/s1. The highest BCUT2D eigenvalue weighted by molar-refractivity contribution is 5.95. The zero-order valence-electron chi connectivity index (χ0n) is 12.7. The monoisotopic (exact) mass is 307 g/mol. The lowest BCUT2D eigenvalue weighted by atomic mass is 10.2. The summed E-state index contributed by atoms with van der Waals surface area (Å²) in [6, 6.07) is 5.71. The van der Waals surface area contributed by atoms with Crippen molar-refractivity contribution in [1.29, 1.82) is 0 Å². The smallest absolute Gasteiger partial charge is 0.258 e. The van der Waals surface area contributed by atoms with Gasteiger partial charge in [-0.2, -0.15) is 0 Å². The third-order valence-corrected chi connectivity index (χ3v) is 2.83. The van der Waals surface area contributed by atoms with Gasteiger partial charge in [-0.3, -0.25) is 14.4 Å². The Hall–Kier alpha value is -2.57. The normalized spacial score (nSPS) is 11.4. The van der Waals surface area contributed by atoms with E-state index in [0.29, 0.717) is 6.54 Å². The number of para-hydroxylation sites is 1. The van der Waals surface area contributed by atoms with Gasteiger partial charge in [-0.15, -0.1) is 0 Å². The first-order valence-electron chi connectivity index (χ1n) is 7.04. The molecule has 0 fully saturated rings. The topological polar surface area (TPSA) is 111 Å². The van der Waals surface area contributed by atoms with Gasteiger partial charge in [-0.1, -0.05) is 19.1 Å². The molecule has 0 aliphatic rings. The highest BCUT2D eigenvalue weighted by atomic mass is 16.5. The summed E-state index contributed by atoms with van der Waals surface area (Å²) in [5.41, 5.74) is 5.41. The van der Waals surface area contributed by atoms with Crippen molar-refractivity contribution in [3.63, 3.8) is 0 Å². The number of ether oxygens (including phenoxy) is 1. The Morgan fingerprint density at radius 1 is 1.27 bits per heavy atom. The fraction of sp³-hybridized carbons (Fsp3) is 0.400. The van der Waals surface area contributed by atoms with E-state index in [9.17, 15) is 14.4 Å². The fourth-order valence-corrected chi connectivity index (χ4v) is 1.69. The molecule has 0 saturated carbocycles. The lowest BCUT2D eigenvalue weighted by Crippen LogP contribution is -2.46. The Kier molecular flexibility index (Phi) is 6.88. The van der Waals surface area contributed by atoms with Crippen LogP contribution in [0, 0.1) is 0 Å². The first kappa shape index (κ1) is 17.5. The van der Waals surface area contributed by atoms with Gasteiger partial charge in [0, 0.05) is 6.54 Å². The minimum Gasteiger partial charge on any atom is -0.483 e. The quantitative estimate of drug-likeness (QED) is 0.637. The van der Waals surface area contributed by atoms with Crippen LogP contribution in [0.25, 0.3) is 0 Å². The molecule has 0 bridgehead atoms. The first-order valence-corrected chi connectivity index (χ1v) is 7.04. The van der Waals surface area contributed by atoms with Gasteiger partial charge < -0.3 is 21.1 Å². The third-order valence-electron chi connectivity index (χ3n) is 2.83. The van der Waals surface area contributed by atoms with Crippen molar-refractivity contribution in [3.8, 4) is 5.75 Å². The molecule has 22 heavy (non-hydrogen) atoms. The molecule has 0 radical (unpaired) electrons. The molecule has 0 spiro atoms. The Morgan fingerprint density at radius 3 is 2.59 bits per heavy atom. The molecule has 0 aliphatic heterocycles. The Labute approximate surface area is 129 Å². The summed E-state index contributed by atoms with van der Waals surface area (Å²) in [6.45, 7) is 3.77. The van der Waals surface area contributed by atoms with E-state index in [2.05, 4.69) is 10.6 Å². The van der Waals surface area contributed by atoms with Crippen LogP contribution >= 0.6 is 0 Å². The molecule has 7 nitrogen and oxygen atoms in total. The predicted molar refractivity (Wildman–Crippen MR) is 81.4 cm³/mol. The van der Waals surface area contributed by atoms with Crippen LogP contribution in [0.3, 0.4) is 0 Å². The molecule has 1 aromatic rings. The van der Waals surface area contributed by atoms with Gasteiger partial charge >= 0.3 is 0 Å². The molecular formula is C15H21N3O4. The molecule has 1 aromatic carbocycles. The van der Waals surface area contributed by atoms with Crippen molar-refractivity contribution < 1.29 is 19.1 Å². The molecular weight excluding hydrogens is 286 g/mol. The summed E-state index contributed by atoms with van der Waals surface area (Å²) < 4.78 is 5.28. The van der Waals surface area contributed by atoms with E-state index in [1.165, 1.54) is 6.07 Å². The second kappa shape index (κ2) is 8.66. The van der Waals surface area contributed by atoms with E-state index in [1.807, 2.05) is 6.92 Å². The number of primary amides is 1. The summed E-state index contributed by atoms with van der Waals surface area (Å²) in [5, 5.41) is 5.19. The van der Waals surface area contributed by atoms with E-state index in [1.54, 1.807) is 25.1 Å². The highest BCUT2D eigenvalue weighted by Crippen LogP contribution is 2.16. The molecule has 0 saturated heterocycles. The lowest BCUT2D eigenvalue weighted by molar-refractivity contribution is -0.129. The summed E-state index contributed by atoms with van der Waals surface area (Å²) >= 11 is 0. The molecule has 1 atom stereocenters. The largest absolute Gasteiger partial charge is 0.483 e. The van der Waals surface area contributed by atoms with Crippen LogP contribution in [-0.4, -0.2) is 36.9 Å². The third kappa shape index (κ3) is 5.43. The van der Waals surface area contributed by atoms with Gasteiger partial charge in [0.05, 0.1) is 5.56 Å². The van der Waals surface area contributed by atoms with Gasteiger partial charge in [0.25, 0.3) is 11.8 Å². The number of nitrogens with one attached hydrogen (secondary N) is 2. The van der Waals surface area contributed by atoms with E-state index >= 15 is 0 Å². The number of hydrogen-bond acceptors (Lipinski definition) is 4. The van der Waals surface area contributed by atoms with Crippen LogP contribution in [0.2, 0.25) is 0 Å². The molecule has 120 valence electrons. The van der Waals surface area contributed by atoms with E-state index in [0.717, 1.165) is 6.42 Å². The zero-order chi connectivity index (χ0) is 16.5. The van der Waals surface area contributed by atoms with Crippen LogP contribution < -0.4 is 21.1 Å².